The topological polar surface area (TPSA) is 35.5 Å². The predicted molar refractivity (Wildman–Crippen MR) is 94.9 cm³/mol. The van der Waals surface area contributed by atoms with E-state index in [-0.39, 0.29) is 33.0 Å². The van der Waals surface area contributed by atoms with E-state index in [9.17, 15) is 4.79 Å². The molecule has 1 atom stereocenters. The summed E-state index contributed by atoms with van der Waals surface area (Å²) < 4.78 is 10.6. The molecule has 0 spiro atoms. The number of hydrogen-bond donors (Lipinski definition) is 0. The molecule has 0 saturated carbocycles. The molecule has 0 saturated heterocycles. The van der Waals surface area contributed by atoms with E-state index in [1.54, 1.807) is 26.4 Å². The molecule has 1 unspecified atom stereocenters. The van der Waals surface area contributed by atoms with E-state index in [1.165, 1.54) is 5.56 Å². The Morgan fingerprint density at radius 2 is 1.59 bits per heavy atom. The van der Waals surface area contributed by atoms with Crippen molar-refractivity contribution in [3.05, 3.63) is 53.1 Å². The van der Waals surface area contributed by atoms with E-state index >= 15 is 0 Å². The van der Waals surface area contributed by atoms with Crippen LogP contribution in [0.4, 0.5) is 0 Å². The summed E-state index contributed by atoms with van der Waals surface area (Å²) in [5.41, 5.74) is 2.87. The fraction of sp³-hybridized carbons (Fsp3) is 0.235. The van der Waals surface area contributed by atoms with Crippen LogP contribution in [0.2, 0.25) is 0 Å². The van der Waals surface area contributed by atoms with Crippen LogP contribution in [-0.4, -0.2) is 38.6 Å². The number of methoxy groups -OCH3 is 2. The van der Waals surface area contributed by atoms with Crippen molar-refractivity contribution < 1.29 is 14.3 Å². The third-order valence-electron chi connectivity index (χ3n) is 3.28. The molecule has 2 aromatic carbocycles. The van der Waals surface area contributed by atoms with Crippen LogP contribution in [0.3, 0.4) is 0 Å². The van der Waals surface area contributed by atoms with Gasteiger partial charge < -0.3 is 9.47 Å². The van der Waals surface area contributed by atoms with Crippen molar-refractivity contribution in [2.24, 2.45) is 0 Å². The summed E-state index contributed by atoms with van der Waals surface area (Å²) >= 11 is 0. The summed E-state index contributed by atoms with van der Waals surface area (Å²) in [5.74, 6) is 1.10. The van der Waals surface area contributed by atoms with Crippen molar-refractivity contribution in [3.8, 4) is 11.5 Å². The van der Waals surface area contributed by atoms with Gasteiger partial charge in [0.2, 0.25) is 0 Å². The summed E-state index contributed by atoms with van der Waals surface area (Å²) in [5, 5.41) is 1.05. The molecule has 0 radical (unpaired) electrons. The van der Waals surface area contributed by atoms with Gasteiger partial charge in [0.25, 0.3) is 0 Å². The van der Waals surface area contributed by atoms with Gasteiger partial charge in [-0.15, -0.1) is 0 Å². The van der Waals surface area contributed by atoms with Crippen LogP contribution in [0.5, 0.6) is 11.5 Å². The molecule has 0 aromatic heterocycles. The first-order valence-corrected chi connectivity index (χ1v) is 7.66. The number of aryl methyl sites for hydroxylation is 2. The maximum atomic E-state index is 12.7. The SMILES string of the molecule is COc1cccc(OC)c1C(=O)Pc1ccc(C)cc1C.[LiH]. The third-order valence-corrected chi connectivity index (χ3v) is 4.59. The summed E-state index contributed by atoms with van der Waals surface area (Å²) in [6, 6.07) is 11.5. The zero-order valence-electron chi connectivity index (χ0n) is 12.7. The summed E-state index contributed by atoms with van der Waals surface area (Å²) in [6.07, 6.45) is 0. The van der Waals surface area contributed by atoms with Crippen molar-refractivity contribution in [2.45, 2.75) is 13.8 Å². The minimum absolute atomic E-state index is 0. The normalized spacial score (nSPS) is 10.4. The number of benzene rings is 2. The van der Waals surface area contributed by atoms with Gasteiger partial charge in [0.05, 0.1) is 14.2 Å². The zero-order valence-corrected chi connectivity index (χ0v) is 13.7. The van der Waals surface area contributed by atoms with Gasteiger partial charge in [-0.1, -0.05) is 29.8 Å². The Morgan fingerprint density at radius 3 is 2.09 bits per heavy atom. The first-order chi connectivity index (χ1) is 10.1. The van der Waals surface area contributed by atoms with Gasteiger partial charge in [-0.05, 0) is 45.4 Å². The first kappa shape index (κ1) is 18.8. The van der Waals surface area contributed by atoms with Crippen molar-refractivity contribution in [3.63, 3.8) is 0 Å². The molecule has 0 heterocycles. The Morgan fingerprint density at radius 1 is 1.00 bits per heavy atom. The maximum absolute atomic E-state index is 12.7. The molecule has 5 heteroatoms. The Kier molecular flexibility index (Phi) is 7.17. The summed E-state index contributed by atoms with van der Waals surface area (Å²) in [6.45, 7) is 4.08. The Hall–Kier alpha value is -1.26. The van der Waals surface area contributed by atoms with Crippen molar-refractivity contribution >= 4 is 38.3 Å². The Balaban J connectivity index is 0.00000242. The molecule has 112 valence electrons. The van der Waals surface area contributed by atoms with Gasteiger partial charge >= 0.3 is 18.9 Å². The van der Waals surface area contributed by atoms with Gasteiger partial charge in [0.15, 0.2) is 5.52 Å². The fourth-order valence-electron chi connectivity index (χ4n) is 2.21. The quantitative estimate of drug-likeness (QED) is 0.629. The van der Waals surface area contributed by atoms with Crippen LogP contribution >= 0.6 is 8.58 Å². The Labute approximate surface area is 145 Å². The number of carbonyl (C=O) groups is 1. The first-order valence-electron chi connectivity index (χ1n) is 6.66. The van der Waals surface area contributed by atoms with Gasteiger partial charge in [-0.25, -0.2) is 0 Å². The molecule has 0 aliphatic rings. The fourth-order valence-corrected chi connectivity index (χ4v) is 3.27. The average molecular weight is 310 g/mol. The minimum atomic E-state index is 0. The van der Waals surface area contributed by atoms with Crippen LogP contribution < -0.4 is 14.8 Å². The summed E-state index contributed by atoms with van der Waals surface area (Å²) in [4.78, 5) is 12.7. The molecule has 0 aliphatic carbocycles. The molecule has 0 bridgehead atoms. The monoisotopic (exact) mass is 310 g/mol. The van der Waals surface area contributed by atoms with Gasteiger partial charge in [-0.3, -0.25) is 4.79 Å². The van der Waals surface area contributed by atoms with Gasteiger partial charge in [0, 0.05) is 0 Å². The average Bonchev–Trinajstić information content (AvgIpc) is 2.49. The molecule has 22 heavy (non-hydrogen) atoms. The zero-order chi connectivity index (χ0) is 15.4. The van der Waals surface area contributed by atoms with Crippen LogP contribution in [0.1, 0.15) is 21.5 Å². The summed E-state index contributed by atoms with van der Waals surface area (Å²) in [7, 11) is 3.17. The molecule has 0 aliphatic heterocycles. The predicted octanol–water partition coefficient (Wildman–Crippen LogP) is 2.82. The van der Waals surface area contributed by atoms with Crippen LogP contribution in [-0.2, 0) is 0 Å². The second-order valence-corrected chi connectivity index (χ2v) is 6.05. The number of rotatable bonds is 5. The van der Waals surface area contributed by atoms with Crippen LogP contribution in [0.25, 0.3) is 0 Å². The molecular weight excluding hydrogens is 290 g/mol. The Bertz CT molecular complexity index is 649. The second kappa shape index (κ2) is 8.39. The number of hydrogen-bond acceptors (Lipinski definition) is 3. The van der Waals surface area contributed by atoms with Crippen molar-refractivity contribution in [1.82, 2.24) is 0 Å². The number of ether oxygens (including phenoxy) is 2. The van der Waals surface area contributed by atoms with Crippen LogP contribution in [0.15, 0.2) is 36.4 Å². The van der Waals surface area contributed by atoms with Gasteiger partial charge in [-0.2, -0.15) is 0 Å². The molecule has 2 aromatic rings. The third kappa shape index (κ3) is 4.14. The van der Waals surface area contributed by atoms with Crippen LogP contribution in [0, 0.1) is 13.8 Å². The van der Waals surface area contributed by atoms with Gasteiger partial charge in [0.1, 0.15) is 17.1 Å². The second-order valence-electron chi connectivity index (χ2n) is 4.81. The molecule has 0 N–H and O–H groups in total. The van der Waals surface area contributed by atoms with E-state index in [0.717, 1.165) is 10.9 Å². The molecule has 3 nitrogen and oxygen atoms in total. The van der Waals surface area contributed by atoms with Crippen molar-refractivity contribution in [1.29, 1.82) is 0 Å². The van der Waals surface area contributed by atoms with E-state index in [1.807, 2.05) is 32.0 Å². The van der Waals surface area contributed by atoms with E-state index in [2.05, 4.69) is 6.07 Å². The molecule has 0 fully saturated rings. The van der Waals surface area contributed by atoms with E-state index < -0.39 is 0 Å². The molecular formula is C17H20LiO3P. The molecule has 0 amide bonds. The van der Waals surface area contributed by atoms with E-state index in [0.29, 0.717) is 17.1 Å². The number of carbonyl (C=O) groups excluding carboxylic acids is 1. The molecule has 2 rings (SSSR count). The van der Waals surface area contributed by atoms with Crippen molar-refractivity contribution in [2.75, 3.05) is 14.2 Å². The van der Waals surface area contributed by atoms with E-state index in [4.69, 9.17) is 9.47 Å². The standard InChI is InChI=1S/C17H19O3P.Li.H/c1-11-8-9-15(12(2)10-11)21-17(18)16-13(19-3)6-5-7-14(16)20-4;;/h5-10,21H,1-4H3;;.